The van der Waals surface area contributed by atoms with Gasteiger partial charge in [0.2, 0.25) is 10.0 Å². The third-order valence-electron chi connectivity index (χ3n) is 3.39. The summed E-state index contributed by atoms with van der Waals surface area (Å²) in [6.07, 6.45) is 0. The summed E-state index contributed by atoms with van der Waals surface area (Å²) in [5.41, 5.74) is 2.28. The van der Waals surface area contributed by atoms with Crippen LogP contribution in [-0.4, -0.2) is 13.6 Å². The van der Waals surface area contributed by atoms with Crippen molar-refractivity contribution in [2.75, 3.05) is 0 Å². The molecule has 0 aliphatic rings. The van der Waals surface area contributed by atoms with Gasteiger partial charge in [-0.3, -0.25) is 0 Å². The minimum absolute atomic E-state index is 0.00625. The maximum Gasteiger partial charge on any atom is 0.238 e. The first-order chi connectivity index (χ1) is 11.0. The van der Waals surface area contributed by atoms with Gasteiger partial charge in [-0.25, -0.2) is 13.6 Å². The molecule has 23 heavy (non-hydrogen) atoms. The molecular weight excluding hydrogens is 336 g/mol. The predicted octanol–water partition coefficient (Wildman–Crippen LogP) is 3.39. The van der Waals surface area contributed by atoms with Crippen LogP contribution in [0.15, 0.2) is 64.0 Å². The van der Waals surface area contributed by atoms with E-state index >= 15 is 0 Å². The van der Waals surface area contributed by atoms with Crippen molar-refractivity contribution in [2.24, 2.45) is 5.14 Å². The summed E-state index contributed by atoms with van der Waals surface area (Å²) in [5.74, 6) is 0.454. The summed E-state index contributed by atoms with van der Waals surface area (Å²) in [5, 5.41) is 9.39. The highest BCUT2D eigenvalue weighted by Gasteiger charge is 2.24. The van der Waals surface area contributed by atoms with E-state index in [1.807, 2.05) is 30.3 Å². The molecular formula is C16H13ClN2O3S. The SMILES string of the molecule is NS(=O)(=O)c1ccccc1-c1c(-c2ccccc2)noc1CCl. The number of aromatic nitrogens is 1. The van der Waals surface area contributed by atoms with Gasteiger partial charge in [0.1, 0.15) is 5.69 Å². The predicted molar refractivity (Wildman–Crippen MR) is 88.3 cm³/mol. The van der Waals surface area contributed by atoms with E-state index in [0.29, 0.717) is 22.6 Å². The lowest BCUT2D eigenvalue weighted by Crippen LogP contribution is -2.13. The number of primary sulfonamides is 1. The second-order valence-corrected chi connectivity index (χ2v) is 6.67. The molecule has 0 spiro atoms. The Morgan fingerprint density at radius 3 is 2.35 bits per heavy atom. The zero-order valence-electron chi connectivity index (χ0n) is 11.9. The second-order valence-electron chi connectivity index (χ2n) is 4.87. The molecule has 0 radical (unpaired) electrons. The van der Waals surface area contributed by atoms with Crippen LogP contribution in [0.2, 0.25) is 0 Å². The fourth-order valence-corrected chi connectivity index (χ4v) is 3.33. The summed E-state index contributed by atoms with van der Waals surface area (Å²) < 4.78 is 29.1. The largest absolute Gasteiger partial charge is 0.359 e. The molecule has 3 rings (SSSR count). The lowest BCUT2D eigenvalue weighted by molar-refractivity contribution is 0.397. The fraction of sp³-hybridized carbons (Fsp3) is 0.0625. The third kappa shape index (κ3) is 3.01. The maximum absolute atomic E-state index is 11.9. The van der Waals surface area contributed by atoms with Gasteiger partial charge in [0.15, 0.2) is 5.76 Å². The van der Waals surface area contributed by atoms with Gasteiger partial charge in [-0.15, -0.1) is 11.6 Å². The van der Waals surface area contributed by atoms with Crippen molar-refractivity contribution in [3.05, 3.63) is 60.4 Å². The van der Waals surface area contributed by atoms with Crippen molar-refractivity contribution in [3.8, 4) is 22.4 Å². The van der Waals surface area contributed by atoms with Crippen molar-refractivity contribution in [1.82, 2.24) is 5.16 Å². The zero-order chi connectivity index (χ0) is 16.4. The van der Waals surface area contributed by atoms with Crippen molar-refractivity contribution in [1.29, 1.82) is 0 Å². The molecule has 118 valence electrons. The molecule has 0 amide bonds. The van der Waals surface area contributed by atoms with Gasteiger partial charge in [0.25, 0.3) is 0 Å². The van der Waals surface area contributed by atoms with Crippen LogP contribution in [0.1, 0.15) is 5.76 Å². The Hall–Kier alpha value is -2.15. The molecule has 1 aromatic heterocycles. The molecule has 0 saturated carbocycles. The first-order valence-electron chi connectivity index (χ1n) is 6.74. The summed E-state index contributed by atoms with van der Waals surface area (Å²) >= 11 is 5.93. The lowest BCUT2D eigenvalue weighted by atomic mass is 9.99. The Kier molecular flexibility index (Phi) is 4.21. The lowest BCUT2D eigenvalue weighted by Gasteiger charge is -2.08. The van der Waals surface area contributed by atoms with E-state index in [1.165, 1.54) is 6.07 Å². The number of nitrogens with zero attached hydrogens (tertiary/aromatic N) is 1. The van der Waals surface area contributed by atoms with Gasteiger partial charge in [0.05, 0.1) is 16.3 Å². The molecule has 0 aliphatic carbocycles. The highest BCUT2D eigenvalue weighted by atomic mass is 35.5. The van der Waals surface area contributed by atoms with Crippen molar-refractivity contribution >= 4 is 21.6 Å². The van der Waals surface area contributed by atoms with E-state index in [-0.39, 0.29) is 10.8 Å². The van der Waals surface area contributed by atoms with E-state index in [2.05, 4.69) is 5.16 Å². The average molecular weight is 349 g/mol. The molecule has 0 saturated heterocycles. The van der Waals surface area contributed by atoms with Crippen LogP contribution in [0, 0.1) is 0 Å². The number of rotatable bonds is 4. The zero-order valence-corrected chi connectivity index (χ0v) is 13.5. The van der Waals surface area contributed by atoms with Crippen molar-refractivity contribution < 1.29 is 12.9 Å². The number of sulfonamides is 1. The van der Waals surface area contributed by atoms with Crippen molar-refractivity contribution in [2.45, 2.75) is 10.8 Å². The van der Waals surface area contributed by atoms with Gasteiger partial charge in [-0.05, 0) is 6.07 Å². The van der Waals surface area contributed by atoms with E-state index in [0.717, 1.165) is 5.56 Å². The maximum atomic E-state index is 11.9. The fourth-order valence-electron chi connectivity index (χ4n) is 2.41. The molecule has 7 heteroatoms. The Labute approximate surface area is 138 Å². The summed E-state index contributed by atoms with van der Waals surface area (Å²) in [6.45, 7) is 0. The number of benzene rings is 2. The Bertz CT molecular complexity index is 937. The topological polar surface area (TPSA) is 86.2 Å². The van der Waals surface area contributed by atoms with Gasteiger partial charge < -0.3 is 4.52 Å². The second kappa shape index (κ2) is 6.16. The summed E-state index contributed by atoms with van der Waals surface area (Å²) in [6, 6.07) is 15.8. The smallest absolute Gasteiger partial charge is 0.238 e. The van der Waals surface area contributed by atoms with E-state index in [4.69, 9.17) is 21.3 Å². The molecule has 2 N–H and O–H groups in total. The average Bonchev–Trinajstić information content (AvgIpc) is 2.98. The van der Waals surface area contributed by atoms with Crippen LogP contribution in [0.5, 0.6) is 0 Å². The molecule has 0 fully saturated rings. The van der Waals surface area contributed by atoms with Crippen LogP contribution in [0.25, 0.3) is 22.4 Å². The molecule has 0 bridgehead atoms. The van der Waals surface area contributed by atoms with Crippen LogP contribution in [0.3, 0.4) is 0 Å². The molecule has 5 nitrogen and oxygen atoms in total. The molecule has 0 unspecified atom stereocenters. The molecule has 1 heterocycles. The summed E-state index contributed by atoms with van der Waals surface area (Å²) in [4.78, 5) is 0.00625. The monoisotopic (exact) mass is 348 g/mol. The van der Waals surface area contributed by atoms with Crippen LogP contribution in [-0.2, 0) is 15.9 Å². The van der Waals surface area contributed by atoms with E-state index < -0.39 is 10.0 Å². The van der Waals surface area contributed by atoms with E-state index in [1.54, 1.807) is 18.2 Å². The number of hydrogen-bond donors (Lipinski definition) is 1. The first kappa shape index (κ1) is 15.7. The van der Waals surface area contributed by atoms with Crippen molar-refractivity contribution in [3.63, 3.8) is 0 Å². The molecule has 3 aromatic rings. The van der Waals surface area contributed by atoms with E-state index in [9.17, 15) is 8.42 Å². The molecule has 0 aliphatic heterocycles. The van der Waals surface area contributed by atoms with Crippen LogP contribution >= 0.6 is 11.6 Å². The standard InChI is InChI=1S/C16H13ClN2O3S/c17-10-13-15(12-8-4-5-9-14(12)23(18,20)21)16(19-22-13)11-6-2-1-3-7-11/h1-9H,10H2,(H2,18,20,21). The minimum Gasteiger partial charge on any atom is -0.359 e. The molecule has 0 atom stereocenters. The number of hydrogen-bond acceptors (Lipinski definition) is 4. The van der Waals surface area contributed by atoms with Crippen LogP contribution in [0.4, 0.5) is 0 Å². The Morgan fingerprint density at radius 1 is 1.04 bits per heavy atom. The highest BCUT2D eigenvalue weighted by molar-refractivity contribution is 7.89. The minimum atomic E-state index is -3.90. The number of alkyl halides is 1. The Balaban J connectivity index is 2.32. The first-order valence-corrected chi connectivity index (χ1v) is 8.82. The van der Waals surface area contributed by atoms with Crippen LogP contribution < -0.4 is 5.14 Å². The number of nitrogens with two attached hydrogens (primary N) is 1. The van der Waals surface area contributed by atoms with Gasteiger partial charge in [-0.2, -0.15) is 0 Å². The molecule has 2 aromatic carbocycles. The normalized spacial score (nSPS) is 11.6. The quantitative estimate of drug-likeness (QED) is 0.732. The highest BCUT2D eigenvalue weighted by Crippen LogP contribution is 2.38. The summed E-state index contributed by atoms with van der Waals surface area (Å²) in [7, 11) is -3.90. The van der Waals surface area contributed by atoms with Gasteiger partial charge in [0, 0.05) is 11.1 Å². The number of halogens is 1. The van der Waals surface area contributed by atoms with Gasteiger partial charge in [-0.1, -0.05) is 53.7 Å². The third-order valence-corrected chi connectivity index (χ3v) is 4.61. The Morgan fingerprint density at radius 2 is 1.70 bits per heavy atom. The van der Waals surface area contributed by atoms with Gasteiger partial charge >= 0.3 is 0 Å².